The Kier molecular flexibility index (Phi) is 6.61. The van der Waals surface area contributed by atoms with Gasteiger partial charge in [-0.15, -0.1) is 0 Å². The van der Waals surface area contributed by atoms with Crippen molar-refractivity contribution < 1.29 is 9.28 Å². The minimum absolute atomic E-state index is 0.0908. The fraction of sp³-hybridized carbons (Fsp3) is 0.379. The van der Waals surface area contributed by atoms with E-state index in [1.165, 1.54) is 12.8 Å². The van der Waals surface area contributed by atoms with Gasteiger partial charge in [-0.3, -0.25) is 14.8 Å². The zero-order chi connectivity index (χ0) is 24.3. The van der Waals surface area contributed by atoms with E-state index in [-0.39, 0.29) is 23.9 Å². The van der Waals surface area contributed by atoms with Gasteiger partial charge in [0.2, 0.25) is 0 Å². The summed E-state index contributed by atoms with van der Waals surface area (Å²) in [5.41, 5.74) is 10.0. The van der Waals surface area contributed by atoms with Gasteiger partial charge in [-0.1, -0.05) is 24.3 Å². The third-order valence-corrected chi connectivity index (χ3v) is 8.21. The van der Waals surface area contributed by atoms with E-state index in [2.05, 4.69) is 34.2 Å². The summed E-state index contributed by atoms with van der Waals surface area (Å²) >= 11 is 0. The van der Waals surface area contributed by atoms with Crippen molar-refractivity contribution in [2.24, 2.45) is 5.73 Å². The average Bonchev–Trinajstić information content (AvgIpc) is 3.59. The molecule has 1 aliphatic heterocycles. The van der Waals surface area contributed by atoms with Crippen molar-refractivity contribution in [1.29, 1.82) is 5.26 Å². The van der Waals surface area contributed by atoms with Crippen LogP contribution in [0, 0.1) is 11.3 Å². The van der Waals surface area contributed by atoms with Crippen LogP contribution in [0.15, 0.2) is 73.3 Å². The van der Waals surface area contributed by atoms with Crippen LogP contribution in [-0.2, 0) is 4.79 Å². The molecule has 2 unspecified atom stereocenters. The topological polar surface area (TPSA) is 92.7 Å². The zero-order valence-electron chi connectivity index (χ0n) is 20.0. The fourth-order valence-corrected chi connectivity index (χ4v) is 6.93. The van der Waals surface area contributed by atoms with Crippen LogP contribution in [0.3, 0.4) is 0 Å². The van der Waals surface area contributed by atoms with Crippen LogP contribution in [0.1, 0.15) is 72.7 Å². The van der Waals surface area contributed by atoms with E-state index in [1.807, 2.05) is 42.7 Å². The van der Waals surface area contributed by atoms with Gasteiger partial charge in [0.25, 0.3) is 5.91 Å². The SMILES string of the molecule is N#Cc1cccc(C(C(c2cccnc2)c2cccnc2)[N+]2(C3CCCC3)CCC[C@H]2C(N)=O)c1. The number of nitrogens with two attached hydrogens (primary N) is 1. The fourth-order valence-electron chi connectivity index (χ4n) is 6.93. The number of nitrogens with zero attached hydrogens (tertiary/aromatic N) is 4. The third-order valence-electron chi connectivity index (χ3n) is 8.21. The van der Waals surface area contributed by atoms with Gasteiger partial charge in [-0.05, 0) is 61.1 Å². The Balaban J connectivity index is 1.81. The van der Waals surface area contributed by atoms with Gasteiger partial charge in [0.05, 0.1) is 30.1 Å². The van der Waals surface area contributed by atoms with Crippen LogP contribution >= 0.6 is 0 Å². The number of hydrogen-bond acceptors (Lipinski definition) is 4. The first kappa shape index (κ1) is 23.2. The van der Waals surface area contributed by atoms with Gasteiger partial charge in [0.1, 0.15) is 6.04 Å². The smallest absolute Gasteiger partial charge is 0.275 e. The van der Waals surface area contributed by atoms with Gasteiger partial charge in [-0.25, -0.2) is 0 Å². The van der Waals surface area contributed by atoms with Crippen molar-refractivity contribution in [2.75, 3.05) is 6.54 Å². The molecule has 1 aromatic carbocycles. The number of aromatic nitrogens is 2. The summed E-state index contributed by atoms with van der Waals surface area (Å²) in [6.07, 6.45) is 13.7. The zero-order valence-corrected chi connectivity index (χ0v) is 20.0. The second-order valence-corrected chi connectivity index (χ2v) is 9.95. The van der Waals surface area contributed by atoms with Crippen LogP contribution in [-0.4, -0.2) is 39.0 Å². The van der Waals surface area contributed by atoms with Crippen molar-refractivity contribution >= 4 is 5.91 Å². The molecule has 5 rings (SSSR count). The van der Waals surface area contributed by atoms with Gasteiger partial charge >= 0.3 is 0 Å². The maximum atomic E-state index is 13.1. The molecule has 3 heterocycles. The molecule has 0 spiro atoms. The molecule has 3 atom stereocenters. The molecular formula is C29H32N5O+. The van der Waals surface area contributed by atoms with E-state index in [0.29, 0.717) is 16.1 Å². The summed E-state index contributed by atoms with van der Waals surface area (Å²) < 4.78 is 0.651. The lowest BCUT2D eigenvalue weighted by Crippen LogP contribution is -2.64. The molecule has 1 amide bonds. The van der Waals surface area contributed by atoms with Crippen molar-refractivity contribution in [2.45, 2.75) is 62.6 Å². The van der Waals surface area contributed by atoms with E-state index in [4.69, 9.17) is 5.73 Å². The van der Waals surface area contributed by atoms with Gasteiger partial charge in [0, 0.05) is 43.2 Å². The van der Waals surface area contributed by atoms with Crippen molar-refractivity contribution in [3.8, 4) is 6.07 Å². The molecule has 2 N–H and O–H groups in total. The van der Waals surface area contributed by atoms with Crippen LogP contribution in [0.2, 0.25) is 0 Å². The van der Waals surface area contributed by atoms with Crippen LogP contribution in [0.4, 0.5) is 0 Å². The summed E-state index contributed by atoms with van der Waals surface area (Å²) in [6.45, 7) is 0.900. The number of primary amides is 1. The first-order valence-corrected chi connectivity index (χ1v) is 12.6. The van der Waals surface area contributed by atoms with Crippen LogP contribution in [0.25, 0.3) is 0 Å². The maximum absolute atomic E-state index is 13.1. The highest BCUT2D eigenvalue weighted by atomic mass is 16.1. The number of nitriles is 1. The van der Waals surface area contributed by atoms with Crippen LogP contribution < -0.4 is 5.73 Å². The molecule has 178 valence electrons. The molecule has 1 saturated heterocycles. The number of carbonyl (C=O) groups excluding carboxylic acids is 1. The highest BCUT2D eigenvalue weighted by Crippen LogP contribution is 2.53. The average molecular weight is 467 g/mol. The first-order chi connectivity index (χ1) is 17.1. The number of rotatable bonds is 7. The van der Waals surface area contributed by atoms with Crippen LogP contribution in [0.5, 0.6) is 0 Å². The van der Waals surface area contributed by atoms with E-state index >= 15 is 0 Å². The Morgan fingerprint density at radius 2 is 1.60 bits per heavy atom. The molecule has 1 saturated carbocycles. The number of carbonyl (C=O) groups is 1. The summed E-state index contributed by atoms with van der Waals surface area (Å²) in [7, 11) is 0. The molecule has 2 aliphatic rings. The second kappa shape index (κ2) is 9.97. The molecule has 0 radical (unpaired) electrons. The summed E-state index contributed by atoms with van der Waals surface area (Å²) in [5, 5.41) is 9.75. The van der Waals surface area contributed by atoms with E-state index in [9.17, 15) is 10.1 Å². The predicted molar refractivity (Wildman–Crippen MR) is 134 cm³/mol. The monoisotopic (exact) mass is 466 g/mol. The van der Waals surface area contributed by atoms with E-state index in [1.54, 1.807) is 12.4 Å². The highest BCUT2D eigenvalue weighted by Gasteiger charge is 2.58. The Morgan fingerprint density at radius 3 is 2.17 bits per heavy atom. The van der Waals surface area contributed by atoms with Crippen molar-refractivity contribution in [3.63, 3.8) is 0 Å². The standard InChI is InChI=1S/C29H31N5O/c30-18-21-7-3-8-22(17-21)28(27(23-9-4-14-32-19-23)24-10-5-15-33-20-24)34(25-11-1-2-12-25)16-6-13-26(34)29(31)35/h3-5,7-10,14-15,17,19-20,25-28H,1-2,6,11-13,16H2,(H-,31,35)/p+1/t26-,28?,34?/m0/s1. The predicted octanol–water partition coefficient (Wildman–Crippen LogP) is 4.63. The van der Waals surface area contributed by atoms with Crippen molar-refractivity contribution in [3.05, 3.63) is 95.6 Å². The Morgan fingerprint density at radius 1 is 0.943 bits per heavy atom. The number of likely N-dealkylation sites (tertiary alicyclic amines) is 1. The number of hydrogen-bond donors (Lipinski definition) is 1. The van der Waals surface area contributed by atoms with E-state index < -0.39 is 0 Å². The molecule has 2 aromatic heterocycles. The number of amides is 1. The quantitative estimate of drug-likeness (QED) is 0.514. The number of quaternary nitrogens is 1. The summed E-state index contributed by atoms with van der Waals surface area (Å²) in [6, 6.07) is 18.4. The Bertz CT molecular complexity index is 1160. The summed E-state index contributed by atoms with van der Waals surface area (Å²) in [5.74, 6) is -0.307. The normalized spacial score (nSPS) is 23.3. The molecular weight excluding hydrogens is 434 g/mol. The molecule has 1 aliphatic carbocycles. The number of pyridine rings is 2. The van der Waals surface area contributed by atoms with Gasteiger partial charge in [-0.2, -0.15) is 5.26 Å². The first-order valence-electron chi connectivity index (χ1n) is 12.6. The van der Waals surface area contributed by atoms with Gasteiger partial charge < -0.3 is 10.2 Å². The Hall–Kier alpha value is -3.56. The lowest BCUT2D eigenvalue weighted by Gasteiger charge is -2.52. The summed E-state index contributed by atoms with van der Waals surface area (Å²) in [4.78, 5) is 22.0. The maximum Gasteiger partial charge on any atom is 0.275 e. The lowest BCUT2D eigenvalue weighted by atomic mass is 9.78. The van der Waals surface area contributed by atoms with E-state index in [0.717, 1.165) is 48.9 Å². The largest absolute Gasteiger partial charge is 0.365 e. The Labute approximate surface area is 207 Å². The second-order valence-electron chi connectivity index (χ2n) is 9.95. The highest BCUT2D eigenvalue weighted by molar-refractivity contribution is 5.79. The minimum Gasteiger partial charge on any atom is -0.365 e. The number of benzene rings is 1. The molecule has 6 heteroatoms. The minimum atomic E-state index is -0.260. The third kappa shape index (κ3) is 4.21. The molecule has 6 nitrogen and oxygen atoms in total. The molecule has 0 bridgehead atoms. The molecule has 35 heavy (non-hydrogen) atoms. The van der Waals surface area contributed by atoms with Crippen molar-refractivity contribution in [1.82, 2.24) is 9.97 Å². The molecule has 2 fully saturated rings. The molecule has 3 aromatic rings. The lowest BCUT2D eigenvalue weighted by molar-refractivity contribution is -0.982. The van der Waals surface area contributed by atoms with Gasteiger partial charge in [0.15, 0.2) is 6.04 Å².